The molecule has 2 aliphatic heterocycles. The molecular formula is C19H17NO3. The highest BCUT2D eigenvalue weighted by Crippen LogP contribution is 2.42. The molecule has 4 nitrogen and oxygen atoms in total. The van der Waals surface area contributed by atoms with Crippen LogP contribution >= 0.6 is 0 Å². The fourth-order valence-electron chi connectivity index (χ4n) is 3.67. The first kappa shape index (κ1) is 14.2. The maximum absolute atomic E-state index is 12.7. The van der Waals surface area contributed by atoms with Gasteiger partial charge in [0.1, 0.15) is 11.8 Å². The lowest BCUT2D eigenvalue weighted by Gasteiger charge is -2.34. The van der Waals surface area contributed by atoms with Gasteiger partial charge in [-0.25, -0.2) is 0 Å². The Balaban J connectivity index is 1.69. The summed E-state index contributed by atoms with van der Waals surface area (Å²) < 4.78 is 5.17. The summed E-state index contributed by atoms with van der Waals surface area (Å²) in [4.78, 5) is 27.1. The lowest BCUT2D eigenvalue weighted by molar-refractivity contribution is -0.118. The number of carbonyl (C=O) groups is 2. The standard InChI is InChI=1S/C19H17NO3/c1-23-13-8-6-12(7-9-13)11-20-16-10-17(21)18(20)19(22)15-5-3-2-4-14(15)16/h2-9,16,18H,10-11H2,1H3. The Morgan fingerprint density at radius 2 is 1.83 bits per heavy atom. The van der Waals surface area contributed by atoms with Crippen molar-refractivity contribution in [2.75, 3.05) is 7.11 Å². The van der Waals surface area contributed by atoms with Crippen LogP contribution in [0.3, 0.4) is 0 Å². The number of hydrogen-bond donors (Lipinski definition) is 0. The van der Waals surface area contributed by atoms with Gasteiger partial charge in [0.15, 0.2) is 11.6 Å². The Morgan fingerprint density at radius 3 is 2.57 bits per heavy atom. The van der Waals surface area contributed by atoms with Crippen molar-refractivity contribution >= 4 is 11.6 Å². The molecule has 4 rings (SSSR count). The molecular weight excluding hydrogens is 290 g/mol. The second-order valence-electron chi connectivity index (χ2n) is 6.06. The number of benzene rings is 2. The number of carbonyl (C=O) groups excluding carboxylic acids is 2. The van der Waals surface area contributed by atoms with E-state index in [4.69, 9.17) is 4.74 Å². The van der Waals surface area contributed by atoms with Crippen LogP contribution < -0.4 is 4.74 Å². The molecule has 116 valence electrons. The van der Waals surface area contributed by atoms with Gasteiger partial charge in [-0.05, 0) is 23.3 Å². The van der Waals surface area contributed by atoms with Crippen LogP contribution in [0.1, 0.15) is 33.9 Å². The molecule has 2 aromatic rings. The Bertz CT molecular complexity index is 781. The summed E-state index contributed by atoms with van der Waals surface area (Å²) in [7, 11) is 1.63. The predicted molar refractivity (Wildman–Crippen MR) is 85.5 cm³/mol. The maximum Gasteiger partial charge on any atom is 0.187 e. The molecule has 2 atom stereocenters. The molecule has 1 fully saturated rings. The van der Waals surface area contributed by atoms with E-state index in [1.54, 1.807) is 7.11 Å². The molecule has 2 unspecified atom stereocenters. The fraction of sp³-hybridized carbons (Fsp3) is 0.263. The van der Waals surface area contributed by atoms with Gasteiger partial charge in [0, 0.05) is 24.6 Å². The highest BCUT2D eigenvalue weighted by atomic mass is 16.5. The smallest absolute Gasteiger partial charge is 0.187 e. The molecule has 23 heavy (non-hydrogen) atoms. The largest absolute Gasteiger partial charge is 0.497 e. The summed E-state index contributed by atoms with van der Waals surface area (Å²) in [5.41, 5.74) is 2.76. The minimum Gasteiger partial charge on any atom is -0.497 e. The van der Waals surface area contributed by atoms with Crippen LogP contribution in [-0.2, 0) is 11.3 Å². The lowest BCUT2D eigenvalue weighted by atomic mass is 9.92. The topological polar surface area (TPSA) is 46.6 Å². The molecule has 0 amide bonds. The van der Waals surface area contributed by atoms with Crippen LogP contribution in [0.15, 0.2) is 48.5 Å². The van der Waals surface area contributed by atoms with Gasteiger partial charge in [0.05, 0.1) is 7.11 Å². The van der Waals surface area contributed by atoms with E-state index in [0.717, 1.165) is 16.9 Å². The minimum absolute atomic E-state index is 0.00324. The predicted octanol–water partition coefficient (Wildman–Crippen LogP) is 2.78. The van der Waals surface area contributed by atoms with E-state index in [2.05, 4.69) is 0 Å². The SMILES string of the molecule is COc1ccc(CN2C3C(=O)CC2c2ccccc2C3=O)cc1. The van der Waals surface area contributed by atoms with Gasteiger partial charge in [-0.3, -0.25) is 14.5 Å². The summed E-state index contributed by atoms with van der Waals surface area (Å²) in [6, 6.07) is 14.7. The van der Waals surface area contributed by atoms with Crippen molar-refractivity contribution in [3.63, 3.8) is 0 Å². The van der Waals surface area contributed by atoms with Gasteiger partial charge < -0.3 is 4.74 Å². The number of hydrogen-bond acceptors (Lipinski definition) is 4. The molecule has 2 aromatic carbocycles. The summed E-state index contributed by atoms with van der Waals surface area (Å²) in [5.74, 6) is 0.769. The van der Waals surface area contributed by atoms with Crippen molar-refractivity contribution in [3.8, 4) is 5.75 Å². The highest BCUT2D eigenvalue weighted by molar-refractivity contribution is 6.17. The first-order valence-corrected chi connectivity index (χ1v) is 7.73. The van der Waals surface area contributed by atoms with Crippen LogP contribution in [0.4, 0.5) is 0 Å². The Morgan fingerprint density at radius 1 is 1.09 bits per heavy atom. The van der Waals surface area contributed by atoms with Crippen molar-refractivity contribution < 1.29 is 14.3 Å². The van der Waals surface area contributed by atoms with E-state index in [1.165, 1.54) is 0 Å². The Labute approximate surface area is 134 Å². The molecule has 0 aliphatic carbocycles. The lowest BCUT2D eigenvalue weighted by Crippen LogP contribution is -2.44. The fourth-order valence-corrected chi connectivity index (χ4v) is 3.67. The third-order valence-corrected chi connectivity index (χ3v) is 4.79. The molecule has 0 aromatic heterocycles. The normalized spacial score (nSPS) is 23.0. The van der Waals surface area contributed by atoms with Crippen molar-refractivity contribution in [3.05, 3.63) is 65.2 Å². The number of fused-ring (bicyclic) bond motifs is 4. The Kier molecular flexibility index (Phi) is 3.27. The molecule has 2 heterocycles. The molecule has 0 saturated carbocycles. The van der Waals surface area contributed by atoms with Crippen LogP contribution in [-0.4, -0.2) is 29.6 Å². The van der Waals surface area contributed by atoms with Crippen molar-refractivity contribution in [2.24, 2.45) is 0 Å². The molecule has 0 spiro atoms. The molecule has 2 aliphatic rings. The van der Waals surface area contributed by atoms with E-state index in [-0.39, 0.29) is 17.6 Å². The molecule has 1 saturated heterocycles. The molecule has 2 bridgehead atoms. The number of rotatable bonds is 3. The van der Waals surface area contributed by atoms with E-state index in [1.807, 2.05) is 53.4 Å². The quantitative estimate of drug-likeness (QED) is 0.818. The zero-order valence-corrected chi connectivity index (χ0v) is 12.9. The van der Waals surface area contributed by atoms with Crippen LogP contribution in [0, 0.1) is 0 Å². The van der Waals surface area contributed by atoms with Gasteiger partial charge in [-0.1, -0.05) is 36.4 Å². The van der Waals surface area contributed by atoms with E-state index < -0.39 is 6.04 Å². The molecule has 4 heteroatoms. The van der Waals surface area contributed by atoms with Gasteiger partial charge in [-0.2, -0.15) is 0 Å². The first-order chi connectivity index (χ1) is 11.2. The number of nitrogens with zero attached hydrogens (tertiary/aromatic N) is 1. The number of methoxy groups -OCH3 is 1. The third-order valence-electron chi connectivity index (χ3n) is 4.79. The Hall–Kier alpha value is -2.46. The van der Waals surface area contributed by atoms with Crippen LogP contribution in [0.25, 0.3) is 0 Å². The van der Waals surface area contributed by atoms with Gasteiger partial charge in [0.2, 0.25) is 0 Å². The second-order valence-corrected chi connectivity index (χ2v) is 6.06. The van der Waals surface area contributed by atoms with Gasteiger partial charge in [0.25, 0.3) is 0 Å². The number of Topliss-reactive ketones (excluding diaryl/α,β-unsaturated/α-hetero) is 2. The molecule has 0 N–H and O–H groups in total. The van der Waals surface area contributed by atoms with Gasteiger partial charge in [-0.15, -0.1) is 0 Å². The maximum atomic E-state index is 12.7. The number of ketones is 2. The summed E-state index contributed by atoms with van der Waals surface area (Å²) >= 11 is 0. The summed E-state index contributed by atoms with van der Waals surface area (Å²) in [6.45, 7) is 0.588. The zero-order valence-electron chi connectivity index (χ0n) is 12.9. The van der Waals surface area contributed by atoms with Crippen LogP contribution in [0.2, 0.25) is 0 Å². The van der Waals surface area contributed by atoms with E-state index in [0.29, 0.717) is 18.5 Å². The highest BCUT2D eigenvalue weighted by Gasteiger charge is 2.49. The number of ether oxygens (including phenoxy) is 1. The third kappa shape index (κ3) is 2.18. The average Bonchev–Trinajstić information content (AvgIpc) is 2.85. The van der Waals surface area contributed by atoms with Crippen molar-refractivity contribution in [2.45, 2.75) is 25.0 Å². The average molecular weight is 307 g/mol. The summed E-state index contributed by atoms with van der Waals surface area (Å²) in [6.07, 6.45) is 0.420. The van der Waals surface area contributed by atoms with Crippen molar-refractivity contribution in [1.29, 1.82) is 0 Å². The van der Waals surface area contributed by atoms with E-state index >= 15 is 0 Å². The van der Waals surface area contributed by atoms with Gasteiger partial charge >= 0.3 is 0 Å². The van der Waals surface area contributed by atoms with Crippen molar-refractivity contribution in [1.82, 2.24) is 4.90 Å². The van der Waals surface area contributed by atoms with E-state index in [9.17, 15) is 9.59 Å². The minimum atomic E-state index is -0.628. The second kappa shape index (κ2) is 5.32. The first-order valence-electron chi connectivity index (χ1n) is 7.73. The van der Waals surface area contributed by atoms with Crippen LogP contribution in [0.5, 0.6) is 5.75 Å². The zero-order chi connectivity index (χ0) is 16.0. The summed E-state index contributed by atoms with van der Waals surface area (Å²) in [5, 5.41) is 0. The molecule has 0 radical (unpaired) electrons. The monoisotopic (exact) mass is 307 g/mol.